The molecule has 1 amide bonds. The largest absolute Gasteiger partial charge is 0.339 e. The molecule has 5 heteroatoms. The number of carbonyl (C=O) groups excluding carboxylic acids is 1. The number of nitrogens with zero attached hydrogens (tertiary/aromatic N) is 1. The van der Waals surface area contributed by atoms with E-state index in [9.17, 15) is 4.79 Å². The lowest BCUT2D eigenvalue weighted by atomic mass is 10.4. The highest BCUT2D eigenvalue weighted by atomic mass is 35.5. The summed E-state index contributed by atoms with van der Waals surface area (Å²) in [6, 6.07) is 0. The van der Waals surface area contributed by atoms with E-state index in [1.54, 1.807) is 4.90 Å². The summed E-state index contributed by atoms with van der Waals surface area (Å²) >= 11 is 10.9. The molecule has 1 aliphatic heterocycles. The minimum absolute atomic E-state index is 0.179. The standard InChI is InChI=1S/C7H12Cl2N2O/c8-6(9)7(12)11-4-1-2-10-3-5-11/h6,10H,1-5H2. The maximum Gasteiger partial charge on any atom is 0.255 e. The van der Waals surface area contributed by atoms with E-state index in [1.807, 2.05) is 0 Å². The van der Waals surface area contributed by atoms with Crippen LogP contribution in [-0.2, 0) is 4.79 Å². The number of amides is 1. The van der Waals surface area contributed by atoms with Crippen molar-refractivity contribution in [2.24, 2.45) is 0 Å². The Morgan fingerprint density at radius 2 is 2.08 bits per heavy atom. The fourth-order valence-electron chi connectivity index (χ4n) is 1.20. The smallest absolute Gasteiger partial charge is 0.255 e. The summed E-state index contributed by atoms with van der Waals surface area (Å²) in [6.45, 7) is 3.24. The molecule has 1 saturated heterocycles. The van der Waals surface area contributed by atoms with Gasteiger partial charge in [0.2, 0.25) is 0 Å². The lowest BCUT2D eigenvalue weighted by Crippen LogP contribution is -2.37. The van der Waals surface area contributed by atoms with Gasteiger partial charge in [0.1, 0.15) is 0 Å². The number of halogens is 2. The number of hydrogen-bond donors (Lipinski definition) is 1. The molecule has 0 spiro atoms. The zero-order chi connectivity index (χ0) is 8.97. The van der Waals surface area contributed by atoms with Gasteiger partial charge in [-0.05, 0) is 13.0 Å². The fraction of sp³-hybridized carbons (Fsp3) is 0.857. The van der Waals surface area contributed by atoms with Crippen molar-refractivity contribution < 1.29 is 4.79 Å². The molecule has 0 aromatic rings. The second kappa shape index (κ2) is 4.90. The van der Waals surface area contributed by atoms with Crippen LogP contribution in [0.5, 0.6) is 0 Å². The predicted molar refractivity (Wildman–Crippen MR) is 49.6 cm³/mol. The number of nitrogens with one attached hydrogen (secondary N) is 1. The molecule has 1 aliphatic rings. The van der Waals surface area contributed by atoms with Crippen molar-refractivity contribution in [1.82, 2.24) is 10.2 Å². The van der Waals surface area contributed by atoms with Crippen molar-refractivity contribution in [3.63, 3.8) is 0 Å². The summed E-state index contributed by atoms with van der Waals surface area (Å²) in [5.41, 5.74) is 0. The molecular weight excluding hydrogens is 199 g/mol. The molecule has 0 aromatic heterocycles. The Labute approximate surface area is 82.0 Å². The van der Waals surface area contributed by atoms with E-state index < -0.39 is 4.84 Å². The fourth-order valence-corrected chi connectivity index (χ4v) is 1.48. The second-order valence-corrected chi connectivity index (χ2v) is 3.83. The quantitative estimate of drug-likeness (QED) is 0.644. The normalized spacial score (nSPS) is 19.4. The lowest BCUT2D eigenvalue weighted by molar-refractivity contribution is -0.129. The van der Waals surface area contributed by atoms with Crippen LogP contribution in [0, 0.1) is 0 Å². The van der Waals surface area contributed by atoms with E-state index in [4.69, 9.17) is 23.2 Å². The van der Waals surface area contributed by atoms with Gasteiger partial charge in [0, 0.05) is 19.6 Å². The molecule has 1 N–H and O–H groups in total. The molecule has 3 nitrogen and oxygen atoms in total. The molecule has 1 heterocycles. The van der Waals surface area contributed by atoms with E-state index >= 15 is 0 Å². The van der Waals surface area contributed by atoms with E-state index in [2.05, 4.69) is 5.32 Å². The van der Waals surface area contributed by atoms with Crippen LogP contribution in [0.4, 0.5) is 0 Å². The molecule has 0 unspecified atom stereocenters. The van der Waals surface area contributed by atoms with Gasteiger partial charge in [-0.1, -0.05) is 23.2 Å². The van der Waals surface area contributed by atoms with Gasteiger partial charge < -0.3 is 10.2 Å². The van der Waals surface area contributed by atoms with Crippen LogP contribution in [-0.4, -0.2) is 41.8 Å². The first-order chi connectivity index (χ1) is 5.72. The van der Waals surface area contributed by atoms with Gasteiger partial charge >= 0.3 is 0 Å². The Bertz CT molecular complexity index is 155. The monoisotopic (exact) mass is 210 g/mol. The first-order valence-electron chi connectivity index (χ1n) is 3.99. The molecule has 12 heavy (non-hydrogen) atoms. The van der Waals surface area contributed by atoms with Gasteiger partial charge in [-0.25, -0.2) is 0 Å². The summed E-state index contributed by atoms with van der Waals surface area (Å²) in [5, 5.41) is 3.19. The Kier molecular flexibility index (Phi) is 4.12. The summed E-state index contributed by atoms with van der Waals surface area (Å²) < 4.78 is 0. The van der Waals surface area contributed by atoms with E-state index in [0.29, 0.717) is 6.54 Å². The third kappa shape index (κ3) is 2.81. The number of alkyl halides is 2. The molecule has 1 fully saturated rings. The number of rotatable bonds is 1. The van der Waals surface area contributed by atoms with Crippen LogP contribution in [0.25, 0.3) is 0 Å². The van der Waals surface area contributed by atoms with Gasteiger partial charge in [-0.2, -0.15) is 0 Å². The third-order valence-electron chi connectivity index (χ3n) is 1.84. The van der Waals surface area contributed by atoms with Gasteiger partial charge in [-0.3, -0.25) is 4.79 Å². The van der Waals surface area contributed by atoms with E-state index in [1.165, 1.54) is 0 Å². The molecule has 1 rings (SSSR count). The average molecular weight is 211 g/mol. The summed E-state index contributed by atoms with van der Waals surface area (Å²) in [6.07, 6.45) is 0.965. The average Bonchev–Trinajstić information content (AvgIpc) is 2.30. The van der Waals surface area contributed by atoms with Crippen LogP contribution in [0.1, 0.15) is 6.42 Å². The molecule has 70 valence electrons. The van der Waals surface area contributed by atoms with E-state index in [-0.39, 0.29) is 5.91 Å². The molecule has 0 radical (unpaired) electrons. The van der Waals surface area contributed by atoms with Crippen LogP contribution >= 0.6 is 23.2 Å². The van der Waals surface area contributed by atoms with Crippen LogP contribution in [0.2, 0.25) is 0 Å². The minimum Gasteiger partial charge on any atom is -0.339 e. The van der Waals surface area contributed by atoms with E-state index in [0.717, 1.165) is 26.1 Å². The maximum atomic E-state index is 11.3. The molecule has 0 saturated carbocycles. The summed E-state index contributed by atoms with van der Waals surface area (Å²) in [7, 11) is 0. The Balaban J connectivity index is 2.43. The minimum atomic E-state index is -0.914. The van der Waals surface area contributed by atoms with Gasteiger partial charge in [0.25, 0.3) is 5.91 Å². The van der Waals surface area contributed by atoms with Crippen LogP contribution in [0.15, 0.2) is 0 Å². The highest BCUT2D eigenvalue weighted by molar-refractivity contribution is 6.53. The SMILES string of the molecule is O=C(C(Cl)Cl)N1CCCNCC1. The molecule has 0 aliphatic carbocycles. The van der Waals surface area contributed by atoms with Crippen molar-refractivity contribution in [3.8, 4) is 0 Å². The molecule has 0 atom stereocenters. The summed E-state index contributed by atoms with van der Waals surface area (Å²) in [5.74, 6) is -0.179. The van der Waals surface area contributed by atoms with Crippen LogP contribution < -0.4 is 5.32 Å². The topological polar surface area (TPSA) is 32.3 Å². The van der Waals surface area contributed by atoms with Gasteiger partial charge in [0.05, 0.1) is 0 Å². The van der Waals surface area contributed by atoms with Gasteiger partial charge in [0.15, 0.2) is 4.84 Å². The number of carbonyl (C=O) groups is 1. The number of hydrogen-bond acceptors (Lipinski definition) is 2. The zero-order valence-electron chi connectivity index (χ0n) is 6.72. The Hall–Kier alpha value is 0.01000. The predicted octanol–water partition coefficient (Wildman–Crippen LogP) is 0.612. The zero-order valence-corrected chi connectivity index (χ0v) is 8.24. The Morgan fingerprint density at radius 1 is 1.33 bits per heavy atom. The van der Waals surface area contributed by atoms with Crippen molar-refractivity contribution in [2.75, 3.05) is 26.2 Å². The molecule has 0 aromatic carbocycles. The molecular formula is C7H12Cl2N2O. The second-order valence-electron chi connectivity index (χ2n) is 2.73. The van der Waals surface area contributed by atoms with Crippen molar-refractivity contribution in [2.45, 2.75) is 11.3 Å². The summed E-state index contributed by atoms with van der Waals surface area (Å²) in [4.78, 5) is 12.1. The van der Waals surface area contributed by atoms with Crippen molar-refractivity contribution in [3.05, 3.63) is 0 Å². The van der Waals surface area contributed by atoms with Gasteiger partial charge in [-0.15, -0.1) is 0 Å². The highest BCUT2D eigenvalue weighted by Gasteiger charge is 2.20. The highest BCUT2D eigenvalue weighted by Crippen LogP contribution is 2.08. The van der Waals surface area contributed by atoms with Crippen molar-refractivity contribution in [1.29, 1.82) is 0 Å². The maximum absolute atomic E-state index is 11.3. The third-order valence-corrected chi connectivity index (χ3v) is 2.21. The lowest BCUT2D eigenvalue weighted by Gasteiger charge is -2.19. The van der Waals surface area contributed by atoms with Crippen molar-refractivity contribution >= 4 is 29.1 Å². The Morgan fingerprint density at radius 3 is 2.75 bits per heavy atom. The first kappa shape index (κ1) is 10.1. The first-order valence-corrected chi connectivity index (χ1v) is 4.87. The molecule has 0 bridgehead atoms. The van der Waals surface area contributed by atoms with Crippen LogP contribution in [0.3, 0.4) is 0 Å².